The Kier molecular flexibility index (Phi) is 4.60. The fraction of sp³-hybridized carbons (Fsp3) is 0.727. The first-order valence-corrected chi connectivity index (χ1v) is 11.0. The lowest BCUT2D eigenvalue weighted by atomic mass is 10.00. The Hall–Kier alpha value is -1.98. The minimum atomic E-state index is 0.00537. The van der Waals surface area contributed by atoms with Crippen molar-refractivity contribution in [3.05, 3.63) is 23.3 Å². The van der Waals surface area contributed by atoms with E-state index in [1.807, 2.05) is 16.0 Å². The number of fused-ring (bicyclic) bond motifs is 2. The lowest BCUT2D eigenvalue weighted by molar-refractivity contribution is -0.134. The Labute approximate surface area is 166 Å². The number of aromatic nitrogens is 2. The van der Waals surface area contributed by atoms with Crippen LogP contribution in [-0.4, -0.2) is 44.7 Å². The first-order chi connectivity index (χ1) is 13.6. The maximum absolute atomic E-state index is 13.0. The summed E-state index contributed by atoms with van der Waals surface area (Å²) >= 11 is 0. The third kappa shape index (κ3) is 3.11. The van der Waals surface area contributed by atoms with E-state index >= 15 is 0 Å². The van der Waals surface area contributed by atoms with Crippen molar-refractivity contribution in [3.63, 3.8) is 0 Å². The van der Waals surface area contributed by atoms with Crippen molar-refractivity contribution in [2.75, 3.05) is 13.1 Å². The van der Waals surface area contributed by atoms with E-state index in [0.29, 0.717) is 24.3 Å². The van der Waals surface area contributed by atoms with Crippen LogP contribution in [-0.2, 0) is 22.6 Å². The molecule has 0 bridgehead atoms. The SMILES string of the molecule is CC(=O)N1CCCC[C@@H]1c1ncc2c(n1)CCN(C(=O)C1[C@H]3CCCC[C@H]13)C2. The normalized spacial score (nSPS) is 31.8. The molecule has 1 aromatic rings. The van der Waals surface area contributed by atoms with Gasteiger partial charge in [0.05, 0.1) is 11.7 Å². The van der Waals surface area contributed by atoms with E-state index in [0.717, 1.165) is 55.9 Å². The van der Waals surface area contributed by atoms with Crippen LogP contribution in [0.4, 0.5) is 0 Å². The summed E-state index contributed by atoms with van der Waals surface area (Å²) in [5.74, 6) is 2.85. The third-order valence-corrected chi connectivity index (χ3v) is 7.41. The van der Waals surface area contributed by atoms with Crippen LogP contribution in [0.5, 0.6) is 0 Å². The van der Waals surface area contributed by atoms with Gasteiger partial charge in [-0.3, -0.25) is 9.59 Å². The second-order valence-electron chi connectivity index (χ2n) is 9.07. The molecule has 2 aliphatic carbocycles. The summed E-state index contributed by atoms with van der Waals surface area (Å²) in [6.07, 6.45) is 10.9. The predicted molar refractivity (Wildman–Crippen MR) is 104 cm³/mol. The summed E-state index contributed by atoms with van der Waals surface area (Å²) in [7, 11) is 0. The molecule has 0 aromatic carbocycles. The molecule has 2 saturated carbocycles. The minimum absolute atomic E-state index is 0.00537. The van der Waals surface area contributed by atoms with Gasteiger partial charge in [-0.05, 0) is 43.9 Å². The largest absolute Gasteiger partial charge is 0.338 e. The van der Waals surface area contributed by atoms with E-state index in [4.69, 9.17) is 4.98 Å². The van der Waals surface area contributed by atoms with Gasteiger partial charge in [0, 0.05) is 50.7 Å². The van der Waals surface area contributed by atoms with Crippen molar-refractivity contribution < 1.29 is 9.59 Å². The van der Waals surface area contributed by atoms with Crippen molar-refractivity contribution >= 4 is 11.8 Å². The lowest BCUT2D eigenvalue weighted by Gasteiger charge is -2.35. The van der Waals surface area contributed by atoms with Gasteiger partial charge in [-0.1, -0.05) is 12.8 Å². The molecule has 3 heterocycles. The summed E-state index contributed by atoms with van der Waals surface area (Å²) < 4.78 is 0. The summed E-state index contributed by atoms with van der Waals surface area (Å²) in [6.45, 7) is 3.84. The van der Waals surface area contributed by atoms with Crippen molar-refractivity contribution in [1.29, 1.82) is 0 Å². The van der Waals surface area contributed by atoms with E-state index in [2.05, 4.69) is 4.98 Å². The van der Waals surface area contributed by atoms with E-state index in [9.17, 15) is 9.59 Å². The van der Waals surface area contributed by atoms with Gasteiger partial charge in [-0.2, -0.15) is 0 Å². The number of rotatable bonds is 2. The maximum atomic E-state index is 13.0. The average Bonchev–Trinajstić information content (AvgIpc) is 3.47. The fourth-order valence-electron chi connectivity index (χ4n) is 5.83. The minimum Gasteiger partial charge on any atom is -0.338 e. The number of carbonyl (C=O) groups is 2. The molecule has 0 N–H and O–H groups in total. The van der Waals surface area contributed by atoms with Gasteiger partial charge >= 0.3 is 0 Å². The van der Waals surface area contributed by atoms with Crippen molar-refractivity contribution in [1.82, 2.24) is 19.8 Å². The van der Waals surface area contributed by atoms with Gasteiger partial charge in [-0.15, -0.1) is 0 Å². The Morgan fingerprint density at radius 2 is 1.79 bits per heavy atom. The fourth-order valence-corrected chi connectivity index (χ4v) is 5.83. The molecule has 28 heavy (non-hydrogen) atoms. The molecule has 6 heteroatoms. The maximum Gasteiger partial charge on any atom is 0.226 e. The van der Waals surface area contributed by atoms with Crippen LogP contribution >= 0.6 is 0 Å². The molecule has 150 valence electrons. The van der Waals surface area contributed by atoms with E-state index in [-0.39, 0.29) is 17.9 Å². The number of carbonyl (C=O) groups excluding carboxylic acids is 2. The van der Waals surface area contributed by atoms with Crippen molar-refractivity contribution in [2.45, 2.75) is 70.9 Å². The topological polar surface area (TPSA) is 66.4 Å². The van der Waals surface area contributed by atoms with E-state index in [1.165, 1.54) is 25.7 Å². The lowest BCUT2D eigenvalue weighted by Crippen LogP contribution is -2.40. The molecule has 2 aliphatic heterocycles. The molecular weight excluding hydrogens is 352 g/mol. The number of amides is 2. The highest BCUT2D eigenvalue weighted by Gasteiger charge is 2.55. The first-order valence-electron chi connectivity index (χ1n) is 11.0. The molecule has 0 unspecified atom stereocenters. The zero-order valence-electron chi connectivity index (χ0n) is 16.8. The highest BCUT2D eigenvalue weighted by molar-refractivity contribution is 5.82. The zero-order valence-corrected chi connectivity index (χ0v) is 16.8. The van der Waals surface area contributed by atoms with Crippen molar-refractivity contribution in [2.24, 2.45) is 17.8 Å². The highest BCUT2D eigenvalue weighted by atomic mass is 16.2. The average molecular weight is 383 g/mol. The monoisotopic (exact) mass is 382 g/mol. The molecule has 0 radical (unpaired) electrons. The Morgan fingerprint density at radius 3 is 2.54 bits per heavy atom. The molecule has 2 amide bonds. The molecular formula is C22H30N4O2. The summed E-state index contributed by atoms with van der Waals surface area (Å²) in [5, 5.41) is 0. The summed E-state index contributed by atoms with van der Waals surface area (Å²) in [4.78, 5) is 38.4. The third-order valence-electron chi connectivity index (χ3n) is 7.41. The van der Waals surface area contributed by atoms with E-state index < -0.39 is 0 Å². The van der Waals surface area contributed by atoms with Crippen LogP contribution in [0, 0.1) is 17.8 Å². The second kappa shape index (κ2) is 7.12. The molecule has 3 atom stereocenters. The Balaban J connectivity index is 1.30. The van der Waals surface area contributed by atoms with Crippen LogP contribution in [0.3, 0.4) is 0 Å². The van der Waals surface area contributed by atoms with Crippen LogP contribution in [0.1, 0.15) is 75.0 Å². The van der Waals surface area contributed by atoms with Gasteiger partial charge in [0.2, 0.25) is 11.8 Å². The molecule has 5 rings (SSSR count). The van der Waals surface area contributed by atoms with Gasteiger partial charge in [-0.25, -0.2) is 9.97 Å². The van der Waals surface area contributed by atoms with Gasteiger partial charge in [0.15, 0.2) is 5.82 Å². The first kappa shape index (κ1) is 18.1. The number of nitrogens with zero attached hydrogens (tertiary/aromatic N) is 4. The van der Waals surface area contributed by atoms with Crippen LogP contribution in [0.25, 0.3) is 0 Å². The van der Waals surface area contributed by atoms with E-state index in [1.54, 1.807) is 6.92 Å². The molecule has 0 spiro atoms. The molecule has 4 aliphatic rings. The molecule has 3 fully saturated rings. The summed E-state index contributed by atoms with van der Waals surface area (Å²) in [6, 6.07) is 0.00537. The predicted octanol–water partition coefficient (Wildman–Crippen LogP) is 2.87. The van der Waals surface area contributed by atoms with Gasteiger partial charge < -0.3 is 9.80 Å². The number of hydrogen-bond acceptors (Lipinski definition) is 4. The number of likely N-dealkylation sites (tertiary alicyclic amines) is 1. The molecule has 1 aromatic heterocycles. The van der Waals surface area contributed by atoms with Crippen molar-refractivity contribution in [3.8, 4) is 0 Å². The number of hydrogen-bond donors (Lipinski definition) is 0. The van der Waals surface area contributed by atoms with Crippen LogP contribution in [0.2, 0.25) is 0 Å². The van der Waals surface area contributed by atoms with Gasteiger partial charge in [0.25, 0.3) is 0 Å². The Morgan fingerprint density at radius 1 is 1.04 bits per heavy atom. The molecule has 1 saturated heterocycles. The second-order valence-corrected chi connectivity index (χ2v) is 9.07. The number of piperidine rings is 1. The zero-order chi connectivity index (χ0) is 19.3. The standard InChI is InChI=1S/C22H30N4O2/c1-14(27)26-10-5-4-8-19(26)21-23-12-15-13-25(11-9-18(15)24-21)22(28)20-16-6-2-3-7-17(16)20/h12,16-17,19-20H,2-11,13H2,1H3/t16-,17-,19+/m0/s1. The quantitative estimate of drug-likeness (QED) is 0.789. The smallest absolute Gasteiger partial charge is 0.226 e. The highest BCUT2D eigenvalue weighted by Crippen LogP contribution is 2.56. The molecule has 6 nitrogen and oxygen atoms in total. The Bertz CT molecular complexity index is 783. The summed E-state index contributed by atoms with van der Waals surface area (Å²) in [5.41, 5.74) is 2.15. The van der Waals surface area contributed by atoms with Gasteiger partial charge in [0.1, 0.15) is 0 Å². The van der Waals surface area contributed by atoms with Crippen LogP contribution < -0.4 is 0 Å². The van der Waals surface area contributed by atoms with Crippen LogP contribution in [0.15, 0.2) is 6.20 Å².